The summed E-state index contributed by atoms with van der Waals surface area (Å²) >= 11 is 0. The zero-order chi connectivity index (χ0) is 20.3. The third-order valence-corrected chi connectivity index (χ3v) is 4.93. The van der Waals surface area contributed by atoms with E-state index in [0.29, 0.717) is 36.1 Å². The van der Waals surface area contributed by atoms with Gasteiger partial charge in [-0.2, -0.15) is 0 Å². The van der Waals surface area contributed by atoms with Crippen LogP contribution in [0.15, 0.2) is 46.0 Å². The Bertz CT molecular complexity index is 1090. The molecule has 0 atom stereocenters. The summed E-state index contributed by atoms with van der Waals surface area (Å²) in [5, 5.41) is 9.63. The summed E-state index contributed by atoms with van der Waals surface area (Å²) in [5.41, 5.74) is 2.88. The summed E-state index contributed by atoms with van der Waals surface area (Å²) in [7, 11) is 1.66. The van der Waals surface area contributed by atoms with Crippen molar-refractivity contribution in [2.75, 3.05) is 13.2 Å². The van der Waals surface area contributed by atoms with Crippen molar-refractivity contribution >= 4 is 10.9 Å². The number of nitrogens with zero attached hydrogens (tertiary/aromatic N) is 2. The lowest BCUT2D eigenvalue weighted by molar-refractivity contribution is 0.277. The smallest absolute Gasteiger partial charge is 0.331 e. The summed E-state index contributed by atoms with van der Waals surface area (Å²) < 4.78 is 8.50. The number of ether oxygens (including phenoxy) is 1. The Morgan fingerprint density at radius 1 is 1.07 bits per heavy atom. The van der Waals surface area contributed by atoms with Crippen LogP contribution in [0.4, 0.5) is 0 Å². The van der Waals surface area contributed by atoms with Crippen LogP contribution in [0.2, 0.25) is 0 Å². The molecular formula is C22H26N2O4. The number of aliphatic hydroxyl groups is 1. The van der Waals surface area contributed by atoms with E-state index in [1.165, 1.54) is 14.7 Å². The summed E-state index contributed by atoms with van der Waals surface area (Å²) in [6.45, 7) is 4.52. The van der Waals surface area contributed by atoms with Crippen molar-refractivity contribution in [1.82, 2.24) is 9.13 Å². The Morgan fingerprint density at radius 2 is 1.79 bits per heavy atom. The van der Waals surface area contributed by atoms with E-state index in [9.17, 15) is 9.59 Å². The van der Waals surface area contributed by atoms with E-state index in [2.05, 4.69) is 0 Å². The number of benzene rings is 2. The Morgan fingerprint density at radius 3 is 2.43 bits per heavy atom. The highest BCUT2D eigenvalue weighted by atomic mass is 16.5. The molecule has 1 aromatic heterocycles. The van der Waals surface area contributed by atoms with E-state index in [-0.39, 0.29) is 24.4 Å². The topological polar surface area (TPSA) is 73.5 Å². The molecule has 0 aliphatic rings. The lowest BCUT2D eigenvalue weighted by atomic mass is 9.99. The van der Waals surface area contributed by atoms with Crippen molar-refractivity contribution in [2.24, 2.45) is 7.05 Å². The molecule has 0 aliphatic heterocycles. The van der Waals surface area contributed by atoms with Crippen molar-refractivity contribution in [2.45, 2.75) is 33.2 Å². The van der Waals surface area contributed by atoms with E-state index in [0.717, 1.165) is 11.1 Å². The zero-order valence-electron chi connectivity index (χ0n) is 16.6. The quantitative estimate of drug-likeness (QED) is 0.681. The van der Waals surface area contributed by atoms with Gasteiger partial charge in [0.2, 0.25) is 0 Å². The predicted molar refractivity (Wildman–Crippen MR) is 110 cm³/mol. The van der Waals surface area contributed by atoms with Crippen LogP contribution in [0.25, 0.3) is 10.9 Å². The summed E-state index contributed by atoms with van der Waals surface area (Å²) in [6.07, 6.45) is 0.875. The van der Waals surface area contributed by atoms with Crippen molar-refractivity contribution < 1.29 is 9.84 Å². The number of fused-ring (bicyclic) bond motifs is 1. The minimum absolute atomic E-state index is 0.0805. The van der Waals surface area contributed by atoms with Crippen molar-refractivity contribution in [3.63, 3.8) is 0 Å². The third kappa shape index (κ3) is 3.73. The second kappa shape index (κ2) is 8.44. The second-order valence-electron chi connectivity index (χ2n) is 6.91. The van der Waals surface area contributed by atoms with Gasteiger partial charge < -0.3 is 9.84 Å². The first kappa shape index (κ1) is 19.9. The highest BCUT2D eigenvalue weighted by Gasteiger charge is 2.18. The number of rotatable bonds is 7. The summed E-state index contributed by atoms with van der Waals surface area (Å²) in [6, 6.07) is 11.7. The number of aliphatic hydroxyl groups excluding tert-OH is 1. The van der Waals surface area contributed by atoms with Crippen molar-refractivity contribution in [3.05, 3.63) is 73.9 Å². The Hall–Kier alpha value is -2.86. The molecule has 0 bridgehead atoms. The van der Waals surface area contributed by atoms with Gasteiger partial charge in [-0.3, -0.25) is 13.9 Å². The van der Waals surface area contributed by atoms with Gasteiger partial charge in [-0.25, -0.2) is 4.79 Å². The van der Waals surface area contributed by atoms with Crippen LogP contribution < -0.4 is 16.0 Å². The van der Waals surface area contributed by atoms with Crippen molar-refractivity contribution in [3.8, 4) is 5.75 Å². The van der Waals surface area contributed by atoms with Crippen LogP contribution in [-0.2, 0) is 20.0 Å². The average molecular weight is 382 g/mol. The SMILES string of the molecule is CCOc1ccc2c(c1Cc1ccc(C)cc1)c(=O)n(CCCO)c(=O)n2C. The number of hydrogen-bond acceptors (Lipinski definition) is 4. The van der Waals surface area contributed by atoms with Gasteiger partial charge in [0, 0.05) is 32.2 Å². The monoisotopic (exact) mass is 382 g/mol. The van der Waals surface area contributed by atoms with E-state index < -0.39 is 0 Å². The van der Waals surface area contributed by atoms with Gasteiger partial charge in [0.1, 0.15) is 5.75 Å². The van der Waals surface area contributed by atoms with E-state index in [1.807, 2.05) is 44.2 Å². The molecule has 0 spiro atoms. The summed E-state index contributed by atoms with van der Waals surface area (Å²) in [5.74, 6) is 0.653. The molecule has 0 saturated heterocycles. The van der Waals surface area contributed by atoms with Gasteiger partial charge in [0.25, 0.3) is 5.56 Å². The maximum Gasteiger partial charge on any atom is 0.331 e. The predicted octanol–water partition coefficient (Wildman–Crippen LogP) is 2.38. The van der Waals surface area contributed by atoms with Crippen LogP contribution in [-0.4, -0.2) is 27.5 Å². The highest BCUT2D eigenvalue weighted by molar-refractivity contribution is 5.84. The highest BCUT2D eigenvalue weighted by Crippen LogP contribution is 2.28. The average Bonchev–Trinajstić information content (AvgIpc) is 2.69. The summed E-state index contributed by atoms with van der Waals surface area (Å²) in [4.78, 5) is 25.9. The van der Waals surface area contributed by atoms with E-state index in [4.69, 9.17) is 9.84 Å². The van der Waals surface area contributed by atoms with Gasteiger partial charge in [-0.15, -0.1) is 0 Å². The first-order chi connectivity index (χ1) is 13.5. The maximum absolute atomic E-state index is 13.2. The van der Waals surface area contributed by atoms with Gasteiger partial charge in [-0.1, -0.05) is 29.8 Å². The van der Waals surface area contributed by atoms with Gasteiger partial charge >= 0.3 is 5.69 Å². The van der Waals surface area contributed by atoms with Crippen LogP contribution in [0.1, 0.15) is 30.0 Å². The molecule has 28 heavy (non-hydrogen) atoms. The molecule has 148 valence electrons. The van der Waals surface area contributed by atoms with E-state index >= 15 is 0 Å². The molecule has 1 heterocycles. The van der Waals surface area contributed by atoms with Gasteiger partial charge in [0.15, 0.2) is 0 Å². The fourth-order valence-electron chi connectivity index (χ4n) is 3.44. The number of hydrogen-bond donors (Lipinski definition) is 1. The molecule has 0 aliphatic carbocycles. The van der Waals surface area contributed by atoms with Crippen molar-refractivity contribution in [1.29, 1.82) is 0 Å². The van der Waals surface area contributed by atoms with Crippen LogP contribution in [0.5, 0.6) is 5.75 Å². The largest absolute Gasteiger partial charge is 0.494 e. The minimum Gasteiger partial charge on any atom is -0.494 e. The van der Waals surface area contributed by atoms with Crippen LogP contribution in [0.3, 0.4) is 0 Å². The Kier molecular flexibility index (Phi) is 5.99. The fourth-order valence-corrected chi connectivity index (χ4v) is 3.44. The minimum atomic E-state index is -0.378. The standard InChI is InChI=1S/C22H26N2O4/c1-4-28-19-11-10-18-20(17(19)14-16-8-6-15(2)7-9-16)21(26)24(12-5-13-25)22(27)23(18)3/h6-11,25H,4-5,12-14H2,1-3H3. The fraction of sp³-hybridized carbons (Fsp3) is 0.364. The lowest BCUT2D eigenvalue weighted by Crippen LogP contribution is -2.39. The maximum atomic E-state index is 13.2. The molecule has 3 aromatic rings. The van der Waals surface area contributed by atoms with Gasteiger partial charge in [0.05, 0.1) is 17.5 Å². The first-order valence-electron chi connectivity index (χ1n) is 9.52. The van der Waals surface area contributed by atoms with Gasteiger partial charge in [-0.05, 0) is 38.0 Å². The normalized spacial score (nSPS) is 11.1. The molecule has 6 heteroatoms. The Balaban J connectivity index is 2.29. The second-order valence-corrected chi connectivity index (χ2v) is 6.91. The molecule has 0 radical (unpaired) electrons. The molecule has 0 unspecified atom stereocenters. The molecule has 0 amide bonds. The molecule has 6 nitrogen and oxygen atoms in total. The third-order valence-electron chi connectivity index (χ3n) is 4.93. The molecule has 2 aromatic carbocycles. The molecule has 3 rings (SSSR count). The molecule has 1 N–H and O–H groups in total. The van der Waals surface area contributed by atoms with Crippen LogP contribution in [0, 0.1) is 6.92 Å². The number of aromatic nitrogens is 2. The molecular weight excluding hydrogens is 356 g/mol. The molecule has 0 saturated carbocycles. The zero-order valence-corrected chi connectivity index (χ0v) is 16.6. The first-order valence-corrected chi connectivity index (χ1v) is 9.52. The number of aryl methyl sites for hydroxylation is 2. The van der Waals surface area contributed by atoms with Crippen LogP contribution >= 0.6 is 0 Å². The van der Waals surface area contributed by atoms with E-state index in [1.54, 1.807) is 13.1 Å². The molecule has 0 fully saturated rings. The Labute approximate surface area is 163 Å². The lowest BCUT2D eigenvalue weighted by Gasteiger charge is -2.17.